The summed E-state index contributed by atoms with van der Waals surface area (Å²) in [5, 5.41) is 11.7. The van der Waals surface area contributed by atoms with Crippen molar-refractivity contribution in [3.63, 3.8) is 0 Å². The molecule has 0 amide bonds. The van der Waals surface area contributed by atoms with Crippen LogP contribution in [0.15, 0.2) is 59.5 Å². The van der Waals surface area contributed by atoms with Crippen LogP contribution in [0.5, 0.6) is 0 Å². The molecule has 6 nitrogen and oxygen atoms in total. The zero-order valence-electron chi connectivity index (χ0n) is 14.7. The molecule has 0 aliphatic heterocycles. The first kappa shape index (κ1) is 17.2. The highest BCUT2D eigenvalue weighted by molar-refractivity contribution is 6.30. The fourth-order valence-corrected chi connectivity index (χ4v) is 3.42. The zero-order chi connectivity index (χ0) is 19.0. The summed E-state index contributed by atoms with van der Waals surface area (Å²) >= 11 is 6.05. The molecule has 4 aromatic rings. The molecule has 2 aromatic heterocycles. The highest BCUT2D eigenvalue weighted by Gasteiger charge is 2.11. The predicted octanol–water partition coefficient (Wildman–Crippen LogP) is 3.72. The molecule has 7 heteroatoms. The van der Waals surface area contributed by atoms with E-state index in [9.17, 15) is 4.79 Å². The van der Waals surface area contributed by atoms with Crippen molar-refractivity contribution in [1.29, 1.82) is 0 Å². The van der Waals surface area contributed by atoms with Crippen molar-refractivity contribution in [2.45, 2.75) is 6.54 Å². The maximum absolute atomic E-state index is 12.3. The van der Waals surface area contributed by atoms with E-state index in [4.69, 9.17) is 17.3 Å². The van der Waals surface area contributed by atoms with Gasteiger partial charge in [0.2, 0.25) is 0 Å². The van der Waals surface area contributed by atoms with E-state index in [0.29, 0.717) is 17.4 Å². The second kappa shape index (κ2) is 6.81. The second-order valence-corrected chi connectivity index (χ2v) is 6.76. The molecule has 0 saturated heterocycles. The largest absolute Gasteiger partial charge is 0.387 e. The number of hydrogen-bond acceptors (Lipinski definition) is 4. The number of rotatable bonds is 4. The fourth-order valence-electron chi connectivity index (χ4n) is 3.20. The zero-order valence-corrected chi connectivity index (χ0v) is 15.4. The van der Waals surface area contributed by atoms with Gasteiger partial charge < -0.3 is 15.6 Å². The molecule has 2 aromatic carbocycles. The highest BCUT2D eigenvalue weighted by Crippen LogP contribution is 2.32. The first-order valence-corrected chi connectivity index (χ1v) is 8.83. The van der Waals surface area contributed by atoms with Gasteiger partial charge in [-0.1, -0.05) is 23.7 Å². The van der Waals surface area contributed by atoms with Gasteiger partial charge in [0.25, 0.3) is 5.56 Å². The smallest absolute Gasteiger partial charge is 0.250 e. The van der Waals surface area contributed by atoms with Crippen molar-refractivity contribution in [3.8, 4) is 11.1 Å². The molecule has 4 rings (SSSR count). The Bertz CT molecular complexity index is 1190. The first-order valence-electron chi connectivity index (χ1n) is 8.46. The summed E-state index contributed by atoms with van der Waals surface area (Å²) in [5.41, 5.74) is 10.4. The van der Waals surface area contributed by atoms with Gasteiger partial charge in [-0.3, -0.25) is 9.89 Å². The molecule has 0 aliphatic rings. The third-order valence-corrected chi connectivity index (χ3v) is 4.75. The van der Waals surface area contributed by atoms with E-state index >= 15 is 0 Å². The van der Waals surface area contributed by atoms with Gasteiger partial charge >= 0.3 is 0 Å². The molecule has 2 heterocycles. The number of nitrogen functional groups attached to an aromatic ring is 1. The van der Waals surface area contributed by atoms with Crippen molar-refractivity contribution in [3.05, 3.63) is 75.7 Å². The van der Waals surface area contributed by atoms with Gasteiger partial charge in [-0.15, -0.1) is 0 Å². The van der Waals surface area contributed by atoms with Crippen molar-refractivity contribution in [1.82, 2.24) is 14.8 Å². The number of nitrogens with zero attached hydrogens (tertiary/aromatic N) is 2. The Morgan fingerprint density at radius 3 is 2.81 bits per heavy atom. The van der Waals surface area contributed by atoms with E-state index in [-0.39, 0.29) is 5.56 Å². The van der Waals surface area contributed by atoms with E-state index in [0.717, 1.165) is 33.3 Å². The Kier molecular flexibility index (Phi) is 4.33. The van der Waals surface area contributed by atoms with Crippen molar-refractivity contribution >= 4 is 34.0 Å². The Morgan fingerprint density at radius 1 is 1.19 bits per heavy atom. The molecule has 4 N–H and O–H groups in total. The Morgan fingerprint density at radius 2 is 2.04 bits per heavy atom. The van der Waals surface area contributed by atoms with Crippen LogP contribution in [-0.4, -0.2) is 21.8 Å². The van der Waals surface area contributed by atoms with Gasteiger partial charge in [0.1, 0.15) is 0 Å². The highest BCUT2D eigenvalue weighted by atomic mass is 35.5. The van der Waals surface area contributed by atoms with Crippen LogP contribution in [0.25, 0.3) is 22.0 Å². The van der Waals surface area contributed by atoms with E-state index in [2.05, 4.69) is 15.5 Å². The summed E-state index contributed by atoms with van der Waals surface area (Å²) in [6.45, 7) is 0.450. The van der Waals surface area contributed by atoms with Crippen LogP contribution in [0, 0.1) is 0 Å². The number of aromatic nitrogens is 3. The topological polar surface area (TPSA) is 88.7 Å². The van der Waals surface area contributed by atoms with Crippen molar-refractivity contribution in [2.75, 3.05) is 18.1 Å². The molecule has 0 spiro atoms. The second-order valence-electron chi connectivity index (χ2n) is 6.32. The molecule has 0 bridgehead atoms. The SMILES string of the molecule is CNc1cc(-c2ccc(=O)n(Cc3cccc(Cl)c3)c2)cc2[nH]nc(N)c12. The lowest BCUT2D eigenvalue weighted by Gasteiger charge is -2.11. The van der Waals surface area contributed by atoms with Gasteiger partial charge in [0.05, 0.1) is 17.4 Å². The molecule has 0 unspecified atom stereocenters. The van der Waals surface area contributed by atoms with Gasteiger partial charge in [-0.25, -0.2) is 0 Å². The summed E-state index contributed by atoms with van der Waals surface area (Å²) in [6.07, 6.45) is 1.85. The maximum Gasteiger partial charge on any atom is 0.250 e. The third kappa shape index (κ3) is 3.27. The maximum atomic E-state index is 12.3. The number of hydrogen-bond donors (Lipinski definition) is 3. The minimum Gasteiger partial charge on any atom is -0.387 e. The molecule has 0 atom stereocenters. The van der Waals surface area contributed by atoms with E-state index in [1.54, 1.807) is 10.6 Å². The summed E-state index contributed by atoms with van der Waals surface area (Å²) in [6, 6.07) is 14.9. The van der Waals surface area contributed by atoms with Gasteiger partial charge in [-0.05, 0) is 47.0 Å². The van der Waals surface area contributed by atoms with Crippen molar-refractivity contribution in [2.24, 2.45) is 0 Å². The number of fused-ring (bicyclic) bond motifs is 1. The lowest BCUT2D eigenvalue weighted by molar-refractivity contribution is 0.761. The predicted molar refractivity (Wildman–Crippen MR) is 110 cm³/mol. The van der Waals surface area contributed by atoms with Crippen LogP contribution in [-0.2, 0) is 6.54 Å². The number of aromatic amines is 1. The molecular formula is C20H18ClN5O. The number of anilines is 2. The lowest BCUT2D eigenvalue weighted by atomic mass is 10.0. The number of H-pyrrole nitrogens is 1. The number of halogens is 1. The average Bonchev–Trinajstić information content (AvgIpc) is 3.04. The molecular weight excluding hydrogens is 362 g/mol. The molecule has 0 saturated carbocycles. The molecule has 0 fully saturated rings. The lowest BCUT2D eigenvalue weighted by Crippen LogP contribution is -2.19. The third-order valence-electron chi connectivity index (χ3n) is 4.52. The van der Waals surface area contributed by atoms with Crippen LogP contribution in [0.2, 0.25) is 5.02 Å². The minimum atomic E-state index is -0.0700. The van der Waals surface area contributed by atoms with E-state index < -0.39 is 0 Å². The standard InChI is InChI=1S/C20H18ClN5O/c1-23-16-8-14(9-17-19(16)20(22)25-24-17)13-5-6-18(27)26(11-13)10-12-3-2-4-15(21)7-12/h2-9,11,23H,10H2,1H3,(H3,22,24,25). The Balaban J connectivity index is 1.79. The molecule has 136 valence electrons. The Labute approximate surface area is 160 Å². The normalized spacial score (nSPS) is 11.0. The molecule has 0 aliphatic carbocycles. The molecule has 0 radical (unpaired) electrons. The van der Waals surface area contributed by atoms with Crippen LogP contribution < -0.4 is 16.6 Å². The number of nitrogens with two attached hydrogens (primary N) is 1. The number of nitrogens with one attached hydrogen (secondary N) is 2. The van der Waals surface area contributed by atoms with Gasteiger partial charge in [0, 0.05) is 30.0 Å². The average molecular weight is 380 g/mol. The first-order chi connectivity index (χ1) is 13.0. The van der Waals surface area contributed by atoms with Crippen molar-refractivity contribution < 1.29 is 0 Å². The quantitative estimate of drug-likeness (QED) is 0.504. The summed E-state index contributed by atoms with van der Waals surface area (Å²) in [7, 11) is 1.84. The number of pyridine rings is 1. The van der Waals surface area contributed by atoms with Gasteiger partial charge in [0.15, 0.2) is 5.82 Å². The Hall–Kier alpha value is -3.25. The van der Waals surface area contributed by atoms with Crippen LogP contribution in [0.4, 0.5) is 11.5 Å². The minimum absolute atomic E-state index is 0.0700. The molecule has 27 heavy (non-hydrogen) atoms. The number of benzene rings is 2. The summed E-state index contributed by atoms with van der Waals surface area (Å²) in [5.74, 6) is 0.451. The van der Waals surface area contributed by atoms with Crippen LogP contribution >= 0.6 is 11.6 Å². The summed E-state index contributed by atoms with van der Waals surface area (Å²) in [4.78, 5) is 12.3. The van der Waals surface area contributed by atoms with Gasteiger partial charge in [-0.2, -0.15) is 5.10 Å². The van der Waals surface area contributed by atoms with Crippen LogP contribution in [0.3, 0.4) is 0 Å². The van der Waals surface area contributed by atoms with E-state index in [1.807, 2.05) is 55.7 Å². The monoisotopic (exact) mass is 379 g/mol. The van der Waals surface area contributed by atoms with E-state index in [1.165, 1.54) is 0 Å². The fraction of sp³-hybridized carbons (Fsp3) is 0.100. The summed E-state index contributed by atoms with van der Waals surface area (Å²) < 4.78 is 1.67. The van der Waals surface area contributed by atoms with Crippen LogP contribution in [0.1, 0.15) is 5.56 Å².